The summed E-state index contributed by atoms with van der Waals surface area (Å²) in [4.78, 5) is 1.38. The van der Waals surface area contributed by atoms with Gasteiger partial charge in [-0.1, -0.05) is 212 Å². The Labute approximate surface area is 380 Å². The first kappa shape index (κ1) is 29.9. The summed E-state index contributed by atoms with van der Waals surface area (Å²) in [5.41, 5.74) is 8.02. The van der Waals surface area contributed by atoms with E-state index in [9.17, 15) is 11.0 Å². The highest BCUT2D eigenvalue weighted by Gasteiger charge is 2.18. The minimum atomic E-state index is -0.410. The third-order valence-electron chi connectivity index (χ3n) is 11.6. The number of nitrogens with zero attached hydrogens (tertiary/aromatic N) is 1. The first-order chi connectivity index (χ1) is 34.6. The van der Waals surface area contributed by atoms with Gasteiger partial charge in [-0.3, -0.25) is 0 Å². The van der Waals surface area contributed by atoms with Crippen molar-refractivity contribution in [1.82, 2.24) is 0 Å². The van der Waals surface area contributed by atoms with Crippen molar-refractivity contribution < 1.29 is 11.0 Å². The number of fused-ring (bicyclic) bond motifs is 2. The van der Waals surface area contributed by atoms with Crippen LogP contribution in [0.15, 0.2) is 261 Å². The maximum atomic E-state index is 9.92. The Balaban J connectivity index is 1.16. The van der Waals surface area contributed by atoms with Crippen molar-refractivity contribution in [3.63, 3.8) is 0 Å². The fourth-order valence-electron chi connectivity index (χ4n) is 8.49. The van der Waals surface area contributed by atoms with Gasteiger partial charge in [0, 0.05) is 17.1 Å². The molecule has 0 aliphatic carbocycles. The van der Waals surface area contributed by atoms with Gasteiger partial charge in [0.15, 0.2) is 0 Å². The zero-order chi connectivity index (χ0) is 48.9. The van der Waals surface area contributed by atoms with E-state index in [2.05, 4.69) is 6.07 Å². The minimum Gasteiger partial charge on any atom is -0.310 e. The lowest BCUT2D eigenvalue weighted by molar-refractivity contribution is 1.28. The van der Waals surface area contributed by atoms with E-state index in [0.717, 1.165) is 66.1 Å². The van der Waals surface area contributed by atoms with Gasteiger partial charge in [-0.15, -0.1) is 0 Å². The number of anilines is 3. The van der Waals surface area contributed by atoms with Crippen molar-refractivity contribution in [1.29, 1.82) is 0 Å². The van der Waals surface area contributed by atoms with Gasteiger partial charge in [0.05, 0.1) is 11.0 Å². The van der Waals surface area contributed by atoms with E-state index in [4.69, 9.17) is 0 Å². The number of hydrogen-bond donors (Lipinski definition) is 0. The Morgan fingerprint density at radius 3 is 1.41 bits per heavy atom. The zero-order valence-corrected chi connectivity index (χ0v) is 34.2. The van der Waals surface area contributed by atoms with E-state index >= 15 is 0 Å². The molecule has 0 spiro atoms. The van der Waals surface area contributed by atoms with Gasteiger partial charge in [0.2, 0.25) is 0 Å². The van der Waals surface area contributed by atoms with E-state index in [0.29, 0.717) is 16.8 Å². The van der Waals surface area contributed by atoms with E-state index in [1.807, 2.05) is 200 Å². The molecule has 0 bridgehead atoms. The molecule has 1 nitrogen and oxygen atoms in total. The summed E-state index contributed by atoms with van der Waals surface area (Å²) in [6, 6.07) is 65.3. The molecule has 0 fully saturated rings. The molecule has 1 heteroatoms. The minimum absolute atomic E-state index is 0.0877. The lowest BCUT2D eigenvalue weighted by Crippen LogP contribution is -2.10. The smallest absolute Gasteiger partial charge is 0.0645 e. The first-order valence-corrected chi connectivity index (χ1v) is 21.0. The second-order valence-corrected chi connectivity index (χ2v) is 15.5. The number of benzene rings is 11. The quantitative estimate of drug-likeness (QED) is 0.140. The summed E-state index contributed by atoms with van der Waals surface area (Å²) in [6.07, 6.45) is 0. The molecule has 296 valence electrons. The second kappa shape index (κ2) is 16.7. The third kappa shape index (κ3) is 7.47. The third-order valence-corrected chi connectivity index (χ3v) is 11.6. The van der Waals surface area contributed by atoms with Crippen LogP contribution in [-0.2, 0) is 0 Å². The van der Waals surface area contributed by atoms with Crippen LogP contribution in [0.4, 0.5) is 17.1 Å². The Kier molecular flexibility index (Phi) is 7.90. The van der Waals surface area contributed by atoms with Crippen molar-refractivity contribution in [2.45, 2.75) is 0 Å². The van der Waals surface area contributed by atoms with Crippen LogP contribution >= 0.6 is 0 Å². The first-order valence-electron chi connectivity index (χ1n) is 25.0. The van der Waals surface area contributed by atoms with E-state index in [-0.39, 0.29) is 46.7 Å². The maximum absolute atomic E-state index is 9.92. The molecular formula is C62H43N. The molecule has 63 heavy (non-hydrogen) atoms. The predicted octanol–water partition coefficient (Wildman–Crippen LogP) is 17.5. The molecule has 0 saturated carbocycles. The number of rotatable bonds is 9. The molecular weight excluding hydrogens is 759 g/mol. The van der Waals surface area contributed by atoms with E-state index < -0.39 is 24.2 Å². The highest BCUT2D eigenvalue weighted by atomic mass is 15.1. The molecule has 0 atom stereocenters. The monoisotopic (exact) mass is 809 g/mol. The molecule has 0 aliphatic heterocycles. The van der Waals surface area contributed by atoms with Crippen molar-refractivity contribution in [2.24, 2.45) is 0 Å². The Hall–Kier alpha value is -8.26. The van der Waals surface area contributed by atoms with Gasteiger partial charge in [-0.25, -0.2) is 0 Å². The standard InChI is InChI=1S/C62H43N/c1-4-16-46(17-5-1)58-39-34-54(43-61(58)48-20-8-3-9-21-48)45-29-35-55(36-30-45)63(57-25-14-24-52(42-57)53-28-27-44-15-10-11-23-51(44)41-53)56-37-31-50(32-38-56)62-59-26-13-12-22-49(59)33-40-60(62)47-18-6-2-7-19-47/h1-43H/i29D,30D,31D,32D,35D,36D,37D,38D. The van der Waals surface area contributed by atoms with Gasteiger partial charge in [0.25, 0.3) is 0 Å². The average molecular weight is 810 g/mol. The van der Waals surface area contributed by atoms with Crippen LogP contribution in [-0.4, -0.2) is 0 Å². The summed E-state index contributed by atoms with van der Waals surface area (Å²) in [6.45, 7) is 0. The fraction of sp³-hybridized carbons (Fsp3) is 0. The Morgan fingerprint density at radius 2 is 0.730 bits per heavy atom. The van der Waals surface area contributed by atoms with Crippen LogP contribution < -0.4 is 4.90 Å². The molecule has 11 aromatic rings. The Bertz CT molecular complexity index is 3800. The summed E-state index contributed by atoms with van der Waals surface area (Å²) in [5, 5.41) is 3.70. The highest BCUT2D eigenvalue weighted by molar-refractivity contribution is 6.04. The lowest BCUT2D eigenvalue weighted by atomic mass is 9.89. The average Bonchev–Trinajstić information content (AvgIpc) is 3.42. The highest BCUT2D eigenvalue weighted by Crippen LogP contribution is 2.43. The molecule has 0 radical (unpaired) electrons. The van der Waals surface area contributed by atoms with Crippen LogP contribution in [0.25, 0.3) is 88.3 Å². The van der Waals surface area contributed by atoms with Gasteiger partial charge in [0.1, 0.15) is 0 Å². The van der Waals surface area contributed by atoms with Gasteiger partial charge in [-0.05, 0) is 137 Å². The molecule has 0 aromatic heterocycles. The largest absolute Gasteiger partial charge is 0.310 e. The molecule has 0 N–H and O–H groups in total. The topological polar surface area (TPSA) is 3.24 Å². The molecule has 0 heterocycles. The molecule has 0 aliphatic rings. The summed E-state index contributed by atoms with van der Waals surface area (Å²) >= 11 is 0. The maximum Gasteiger partial charge on any atom is 0.0645 e. The predicted molar refractivity (Wildman–Crippen MR) is 269 cm³/mol. The van der Waals surface area contributed by atoms with Crippen LogP contribution in [0.3, 0.4) is 0 Å². The van der Waals surface area contributed by atoms with Crippen LogP contribution in [0.2, 0.25) is 0 Å². The van der Waals surface area contributed by atoms with Gasteiger partial charge in [-0.2, -0.15) is 0 Å². The molecule has 0 saturated heterocycles. The molecule has 0 unspecified atom stereocenters. The van der Waals surface area contributed by atoms with Crippen molar-refractivity contribution in [3.8, 4) is 66.8 Å². The van der Waals surface area contributed by atoms with Crippen LogP contribution in [0, 0.1) is 0 Å². The van der Waals surface area contributed by atoms with Gasteiger partial charge < -0.3 is 4.90 Å². The normalized spacial score (nSPS) is 13.0. The van der Waals surface area contributed by atoms with E-state index in [1.54, 1.807) is 6.07 Å². The van der Waals surface area contributed by atoms with Crippen molar-refractivity contribution >= 4 is 38.6 Å². The summed E-state index contributed by atoms with van der Waals surface area (Å²) < 4.78 is 78.6. The second-order valence-electron chi connectivity index (χ2n) is 15.5. The van der Waals surface area contributed by atoms with Crippen LogP contribution in [0.1, 0.15) is 11.0 Å². The molecule has 11 aromatic carbocycles. The van der Waals surface area contributed by atoms with Crippen molar-refractivity contribution in [2.75, 3.05) is 4.90 Å². The van der Waals surface area contributed by atoms with Gasteiger partial charge >= 0.3 is 0 Å². The molecule has 0 amide bonds. The molecule has 11 rings (SSSR count). The lowest BCUT2D eigenvalue weighted by Gasteiger charge is -2.27. The summed E-state index contributed by atoms with van der Waals surface area (Å²) in [5.74, 6) is 0. The van der Waals surface area contributed by atoms with Crippen LogP contribution in [0.5, 0.6) is 0 Å². The Morgan fingerprint density at radius 1 is 0.254 bits per heavy atom. The number of hydrogen-bond acceptors (Lipinski definition) is 1. The van der Waals surface area contributed by atoms with E-state index in [1.165, 1.54) is 4.90 Å². The fourth-order valence-corrected chi connectivity index (χ4v) is 8.49. The van der Waals surface area contributed by atoms with Crippen molar-refractivity contribution in [3.05, 3.63) is 261 Å². The summed E-state index contributed by atoms with van der Waals surface area (Å²) in [7, 11) is 0. The zero-order valence-electron chi connectivity index (χ0n) is 42.2. The SMILES string of the molecule is [2H]c1c([2H])c(N(c2cccc(-c3ccc4ccccc4c3)c2)c2c([2H])c([2H])c(-c3c(-c4ccccc4)ccc4ccccc34)c([2H])c2[2H])c([2H])c([2H])c1-c1ccc(-c2ccccc2)c(-c2ccccc2)c1.